The van der Waals surface area contributed by atoms with Crippen LogP contribution in [0.1, 0.15) is 11.1 Å². The molecule has 0 aliphatic rings. The van der Waals surface area contributed by atoms with E-state index in [4.69, 9.17) is 9.47 Å². The van der Waals surface area contributed by atoms with Crippen LogP contribution in [0.5, 0.6) is 11.5 Å². The lowest BCUT2D eigenvalue weighted by Crippen LogP contribution is -2.35. The molecule has 0 bridgehead atoms. The van der Waals surface area contributed by atoms with E-state index in [1.807, 2.05) is 30.3 Å². The zero-order chi connectivity index (χ0) is 24.1. The number of nitrogens with zero attached hydrogens (tertiary/aromatic N) is 1. The lowest BCUT2D eigenvalue weighted by molar-refractivity contribution is 0.206. The van der Waals surface area contributed by atoms with Crippen LogP contribution >= 0.6 is 0 Å². The van der Waals surface area contributed by atoms with E-state index in [2.05, 4.69) is 10.3 Å². The van der Waals surface area contributed by atoms with E-state index in [0.717, 1.165) is 10.9 Å². The van der Waals surface area contributed by atoms with E-state index in [1.54, 1.807) is 18.2 Å². The number of carbonyl (C=O) groups is 1. The zero-order valence-corrected chi connectivity index (χ0v) is 18.8. The van der Waals surface area contributed by atoms with E-state index >= 15 is 0 Å². The highest BCUT2D eigenvalue weighted by atomic mass is 19.1. The average Bonchev–Trinajstić information content (AvgIpc) is 2.85. The summed E-state index contributed by atoms with van der Waals surface area (Å²) in [6.45, 7) is 0.332. The number of urea groups is 1. The molecule has 0 aliphatic carbocycles. The molecular weight excluding hydrogens is 437 g/mol. The van der Waals surface area contributed by atoms with E-state index in [0.29, 0.717) is 28.3 Å². The number of nitrogens with one attached hydrogen (secondary N) is 2. The van der Waals surface area contributed by atoms with Crippen molar-refractivity contribution in [3.8, 4) is 11.5 Å². The van der Waals surface area contributed by atoms with Crippen molar-refractivity contribution in [3.63, 3.8) is 0 Å². The minimum absolute atomic E-state index is 0.0571. The van der Waals surface area contributed by atoms with Crippen LogP contribution < -0.4 is 20.3 Å². The molecule has 2 N–H and O–H groups in total. The third-order valence-electron chi connectivity index (χ3n) is 5.39. The second-order valence-corrected chi connectivity index (χ2v) is 7.70. The number of aromatic amines is 1. The SMILES string of the molecule is COc1cc2cc(CN(Cc3ccccc3)C(=O)Nc3ccc(F)cc3)c(=O)[nH]c2cc1OC. The third kappa shape index (κ3) is 5.17. The fraction of sp³-hybridized carbons (Fsp3) is 0.154. The fourth-order valence-electron chi connectivity index (χ4n) is 3.64. The Kier molecular flexibility index (Phi) is 6.77. The minimum Gasteiger partial charge on any atom is -0.493 e. The molecule has 2 amide bonds. The first kappa shape index (κ1) is 22.8. The number of aromatic nitrogens is 1. The van der Waals surface area contributed by atoms with Crippen molar-refractivity contribution in [2.24, 2.45) is 0 Å². The van der Waals surface area contributed by atoms with Gasteiger partial charge in [-0.25, -0.2) is 9.18 Å². The summed E-state index contributed by atoms with van der Waals surface area (Å²) in [5, 5.41) is 3.51. The Morgan fingerprint density at radius 1 is 0.941 bits per heavy atom. The van der Waals surface area contributed by atoms with Crippen LogP contribution in [0.4, 0.5) is 14.9 Å². The Labute approximate surface area is 195 Å². The molecule has 4 rings (SSSR count). The molecule has 8 heteroatoms. The first-order valence-corrected chi connectivity index (χ1v) is 10.6. The number of fused-ring (bicyclic) bond motifs is 1. The normalized spacial score (nSPS) is 10.7. The van der Waals surface area contributed by atoms with Gasteiger partial charge in [0.05, 0.1) is 26.3 Å². The smallest absolute Gasteiger partial charge is 0.322 e. The number of amides is 2. The maximum absolute atomic E-state index is 13.3. The first-order valence-electron chi connectivity index (χ1n) is 10.6. The molecule has 0 atom stereocenters. The summed E-state index contributed by atoms with van der Waals surface area (Å²) in [6, 6.07) is 19.8. The fourth-order valence-corrected chi connectivity index (χ4v) is 3.64. The minimum atomic E-state index is -0.415. The van der Waals surface area contributed by atoms with Crippen LogP contribution in [0.15, 0.2) is 77.6 Å². The number of carbonyl (C=O) groups excluding carboxylic acids is 1. The van der Waals surface area contributed by atoms with Crippen molar-refractivity contribution in [1.82, 2.24) is 9.88 Å². The number of methoxy groups -OCH3 is 2. The van der Waals surface area contributed by atoms with Gasteiger partial charge in [0.1, 0.15) is 5.82 Å². The van der Waals surface area contributed by atoms with Gasteiger partial charge in [-0.15, -0.1) is 0 Å². The average molecular weight is 461 g/mol. The molecule has 4 aromatic rings. The lowest BCUT2D eigenvalue weighted by Gasteiger charge is -2.23. The molecule has 0 spiro atoms. The first-order chi connectivity index (χ1) is 16.5. The van der Waals surface area contributed by atoms with Crippen molar-refractivity contribution >= 4 is 22.6 Å². The predicted octanol–water partition coefficient (Wildman–Crippen LogP) is 4.92. The van der Waals surface area contributed by atoms with E-state index in [1.165, 1.54) is 43.4 Å². The number of halogens is 1. The highest BCUT2D eigenvalue weighted by Gasteiger charge is 2.18. The number of benzene rings is 3. The number of rotatable bonds is 7. The number of hydrogen-bond donors (Lipinski definition) is 2. The van der Waals surface area contributed by atoms with Crippen LogP contribution in [0.2, 0.25) is 0 Å². The van der Waals surface area contributed by atoms with Crippen molar-refractivity contribution in [2.45, 2.75) is 13.1 Å². The quantitative estimate of drug-likeness (QED) is 0.409. The molecule has 174 valence electrons. The standard InChI is InChI=1S/C26H24FN3O4/c1-33-23-13-18-12-19(25(31)29-22(18)14-24(23)34-2)16-30(15-17-6-4-3-5-7-17)26(32)28-21-10-8-20(27)9-11-21/h3-14H,15-16H2,1-2H3,(H,28,32)(H,29,31). The van der Waals surface area contributed by atoms with Gasteiger partial charge in [0.25, 0.3) is 5.56 Å². The second-order valence-electron chi connectivity index (χ2n) is 7.70. The topological polar surface area (TPSA) is 83.7 Å². The molecule has 0 saturated carbocycles. The highest BCUT2D eigenvalue weighted by molar-refractivity contribution is 5.89. The van der Waals surface area contributed by atoms with Gasteiger partial charge < -0.3 is 24.7 Å². The number of pyridine rings is 1. The largest absolute Gasteiger partial charge is 0.493 e. The van der Waals surface area contributed by atoms with Crippen LogP contribution in [0.25, 0.3) is 10.9 Å². The monoisotopic (exact) mass is 461 g/mol. The predicted molar refractivity (Wildman–Crippen MR) is 129 cm³/mol. The molecule has 0 aliphatic heterocycles. The van der Waals surface area contributed by atoms with Crippen molar-refractivity contribution in [1.29, 1.82) is 0 Å². The number of hydrogen-bond acceptors (Lipinski definition) is 4. The van der Waals surface area contributed by atoms with Gasteiger partial charge in [-0.3, -0.25) is 4.79 Å². The van der Waals surface area contributed by atoms with Gasteiger partial charge >= 0.3 is 6.03 Å². The van der Waals surface area contributed by atoms with Crippen LogP contribution in [0.3, 0.4) is 0 Å². The molecular formula is C26H24FN3O4. The zero-order valence-electron chi connectivity index (χ0n) is 18.8. The summed E-state index contributed by atoms with van der Waals surface area (Å²) >= 11 is 0. The van der Waals surface area contributed by atoms with Gasteiger partial charge in [0.2, 0.25) is 0 Å². The van der Waals surface area contributed by atoms with Crippen molar-refractivity contribution in [2.75, 3.05) is 19.5 Å². The summed E-state index contributed by atoms with van der Waals surface area (Å²) in [7, 11) is 3.06. The Morgan fingerprint density at radius 2 is 1.62 bits per heavy atom. The summed E-state index contributed by atoms with van der Waals surface area (Å²) in [5.74, 6) is 0.639. The number of anilines is 1. The number of H-pyrrole nitrogens is 1. The maximum Gasteiger partial charge on any atom is 0.322 e. The molecule has 1 heterocycles. The van der Waals surface area contributed by atoms with Crippen molar-refractivity contribution < 1.29 is 18.7 Å². The van der Waals surface area contributed by atoms with Crippen LogP contribution in [0, 0.1) is 5.82 Å². The molecule has 3 aromatic carbocycles. The van der Waals surface area contributed by atoms with Crippen LogP contribution in [-0.4, -0.2) is 30.1 Å². The Hall–Kier alpha value is -4.33. The van der Waals surface area contributed by atoms with E-state index in [9.17, 15) is 14.0 Å². The third-order valence-corrected chi connectivity index (χ3v) is 5.39. The van der Waals surface area contributed by atoms with Gasteiger partial charge in [0, 0.05) is 29.2 Å². The van der Waals surface area contributed by atoms with Gasteiger partial charge in [-0.05, 0) is 42.0 Å². The second kappa shape index (κ2) is 10.1. The molecule has 0 unspecified atom stereocenters. The maximum atomic E-state index is 13.3. The van der Waals surface area contributed by atoms with Crippen molar-refractivity contribution in [3.05, 3.63) is 100 Å². The number of ether oxygens (including phenoxy) is 2. The van der Waals surface area contributed by atoms with E-state index in [-0.39, 0.29) is 18.6 Å². The van der Waals surface area contributed by atoms with Gasteiger partial charge in [0.15, 0.2) is 11.5 Å². The molecule has 0 radical (unpaired) electrons. The summed E-state index contributed by atoms with van der Waals surface area (Å²) in [5.41, 5.74) is 2.04. The lowest BCUT2D eigenvalue weighted by atomic mass is 10.1. The van der Waals surface area contributed by atoms with Gasteiger partial charge in [-0.1, -0.05) is 30.3 Å². The highest BCUT2D eigenvalue weighted by Crippen LogP contribution is 2.31. The summed E-state index contributed by atoms with van der Waals surface area (Å²) in [6.07, 6.45) is 0. The van der Waals surface area contributed by atoms with Gasteiger partial charge in [-0.2, -0.15) is 0 Å². The summed E-state index contributed by atoms with van der Waals surface area (Å²) < 4.78 is 23.9. The Balaban J connectivity index is 1.67. The molecule has 34 heavy (non-hydrogen) atoms. The molecule has 7 nitrogen and oxygen atoms in total. The molecule has 1 aromatic heterocycles. The molecule has 0 fully saturated rings. The Morgan fingerprint density at radius 3 is 2.29 bits per heavy atom. The molecule has 0 saturated heterocycles. The summed E-state index contributed by atoms with van der Waals surface area (Å²) in [4.78, 5) is 30.4. The van der Waals surface area contributed by atoms with E-state index < -0.39 is 11.8 Å². The van der Waals surface area contributed by atoms with Crippen LogP contribution in [-0.2, 0) is 13.1 Å². The Bertz CT molecular complexity index is 1350.